The van der Waals surface area contributed by atoms with Crippen LogP contribution in [0.1, 0.15) is 45.4 Å². The van der Waals surface area contributed by atoms with Crippen molar-refractivity contribution in [2.24, 2.45) is 0 Å². The van der Waals surface area contributed by atoms with E-state index in [1.807, 2.05) is 32.9 Å². The second-order valence-corrected chi connectivity index (χ2v) is 5.35. The number of hydrogen-bond donors (Lipinski definition) is 0. The van der Waals surface area contributed by atoms with Crippen LogP contribution in [0.5, 0.6) is 0 Å². The molecule has 4 heteroatoms. The van der Waals surface area contributed by atoms with Crippen LogP contribution in [-0.2, 0) is 4.74 Å². The maximum Gasteiger partial charge on any atom is 0.410 e. The topological polar surface area (TPSA) is 42.7 Å². The van der Waals surface area contributed by atoms with Crippen molar-refractivity contribution in [1.29, 1.82) is 0 Å². The van der Waals surface area contributed by atoms with Crippen molar-refractivity contribution in [3.05, 3.63) is 24.2 Å². The Kier molecular flexibility index (Phi) is 3.13. The molecule has 1 aromatic rings. The zero-order valence-corrected chi connectivity index (χ0v) is 10.6. The summed E-state index contributed by atoms with van der Waals surface area (Å²) >= 11 is 0. The summed E-state index contributed by atoms with van der Waals surface area (Å²) in [6.07, 6.45) is 3.31. The number of likely N-dealkylation sites (tertiary alicyclic amines) is 1. The minimum absolute atomic E-state index is 0.0276. The van der Waals surface area contributed by atoms with Gasteiger partial charge >= 0.3 is 6.09 Å². The SMILES string of the molecule is CC(C)(C)OC(=O)N1CCC[C@H]1c1ccco1. The van der Waals surface area contributed by atoms with Gasteiger partial charge in [-0.15, -0.1) is 0 Å². The van der Waals surface area contributed by atoms with Gasteiger partial charge in [-0.25, -0.2) is 4.79 Å². The lowest BCUT2D eigenvalue weighted by molar-refractivity contribution is 0.0208. The van der Waals surface area contributed by atoms with Crippen molar-refractivity contribution in [3.8, 4) is 0 Å². The van der Waals surface area contributed by atoms with Gasteiger partial charge in [0, 0.05) is 6.54 Å². The number of nitrogens with zero attached hydrogens (tertiary/aromatic N) is 1. The van der Waals surface area contributed by atoms with E-state index in [9.17, 15) is 4.79 Å². The van der Waals surface area contributed by atoms with Gasteiger partial charge in [0.15, 0.2) is 0 Å². The Morgan fingerprint density at radius 1 is 1.53 bits per heavy atom. The molecule has 94 valence electrons. The second-order valence-electron chi connectivity index (χ2n) is 5.35. The maximum atomic E-state index is 12.0. The maximum absolute atomic E-state index is 12.0. The summed E-state index contributed by atoms with van der Waals surface area (Å²) in [7, 11) is 0. The Bertz CT molecular complexity index is 378. The molecule has 1 saturated heterocycles. The largest absolute Gasteiger partial charge is 0.467 e. The molecule has 0 aromatic carbocycles. The van der Waals surface area contributed by atoms with Crippen LogP contribution in [0.15, 0.2) is 22.8 Å². The molecule has 0 unspecified atom stereocenters. The smallest absolute Gasteiger partial charge is 0.410 e. The summed E-state index contributed by atoms with van der Waals surface area (Å²) in [5.41, 5.74) is -0.451. The molecule has 1 fully saturated rings. The fraction of sp³-hybridized carbons (Fsp3) is 0.615. The van der Waals surface area contributed by atoms with Crippen molar-refractivity contribution in [2.45, 2.75) is 45.3 Å². The zero-order valence-electron chi connectivity index (χ0n) is 10.6. The van der Waals surface area contributed by atoms with Gasteiger partial charge in [0.1, 0.15) is 11.4 Å². The Hall–Kier alpha value is -1.45. The summed E-state index contributed by atoms with van der Waals surface area (Å²) < 4.78 is 10.8. The van der Waals surface area contributed by atoms with Crippen LogP contribution in [-0.4, -0.2) is 23.1 Å². The highest BCUT2D eigenvalue weighted by molar-refractivity contribution is 5.69. The minimum atomic E-state index is -0.451. The predicted molar refractivity (Wildman–Crippen MR) is 63.6 cm³/mol. The first-order chi connectivity index (χ1) is 7.97. The lowest BCUT2D eigenvalue weighted by Crippen LogP contribution is -2.36. The predicted octanol–water partition coefficient (Wildman–Crippen LogP) is 3.35. The first-order valence-electron chi connectivity index (χ1n) is 6.00. The molecule has 0 saturated carbocycles. The Balaban J connectivity index is 2.07. The lowest BCUT2D eigenvalue weighted by Gasteiger charge is -2.27. The monoisotopic (exact) mass is 237 g/mol. The molecule has 1 amide bonds. The van der Waals surface area contributed by atoms with Crippen LogP contribution in [0.25, 0.3) is 0 Å². The first kappa shape index (κ1) is 12.0. The van der Waals surface area contributed by atoms with Crippen LogP contribution in [0.2, 0.25) is 0 Å². The molecule has 0 aliphatic carbocycles. The van der Waals surface area contributed by atoms with Gasteiger partial charge in [0.05, 0.1) is 12.3 Å². The van der Waals surface area contributed by atoms with Crippen molar-refractivity contribution in [1.82, 2.24) is 4.90 Å². The first-order valence-corrected chi connectivity index (χ1v) is 6.00. The molecule has 1 aromatic heterocycles. The molecule has 4 nitrogen and oxygen atoms in total. The fourth-order valence-electron chi connectivity index (χ4n) is 2.08. The highest BCUT2D eigenvalue weighted by atomic mass is 16.6. The van der Waals surface area contributed by atoms with E-state index in [0.29, 0.717) is 0 Å². The number of amides is 1. The Labute approximate surface area is 102 Å². The average molecular weight is 237 g/mol. The molecule has 0 radical (unpaired) electrons. The highest BCUT2D eigenvalue weighted by Gasteiger charge is 2.34. The third kappa shape index (κ3) is 2.81. The van der Waals surface area contributed by atoms with Crippen LogP contribution < -0.4 is 0 Å². The highest BCUT2D eigenvalue weighted by Crippen LogP contribution is 2.33. The summed E-state index contributed by atoms with van der Waals surface area (Å²) in [4.78, 5) is 13.8. The third-order valence-corrected chi connectivity index (χ3v) is 2.75. The molecule has 0 bridgehead atoms. The minimum Gasteiger partial charge on any atom is -0.467 e. The van der Waals surface area contributed by atoms with Crippen LogP contribution in [0, 0.1) is 0 Å². The van der Waals surface area contributed by atoms with Gasteiger partial charge in [-0.2, -0.15) is 0 Å². The van der Waals surface area contributed by atoms with E-state index in [1.54, 1.807) is 11.2 Å². The molecule has 2 heterocycles. The van der Waals surface area contributed by atoms with E-state index in [4.69, 9.17) is 9.15 Å². The van der Waals surface area contributed by atoms with Crippen LogP contribution >= 0.6 is 0 Å². The number of carbonyl (C=O) groups is 1. The van der Waals surface area contributed by atoms with Crippen LogP contribution in [0.3, 0.4) is 0 Å². The van der Waals surface area contributed by atoms with E-state index in [2.05, 4.69) is 0 Å². The Morgan fingerprint density at radius 2 is 2.29 bits per heavy atom. The second kappa shape index (κ2) is 4.43. The molecular formula is C13H19NO3. The molecule has 0 spiro atoms. The Morgan fingerprint density at radius 3 is 2.88 bits per heavy atom. The summed E-state index contributed by atoms with van der Waals surface area (Å²) in [5.74, 6) is 0.841. The molecular weight excluding hydrogens is 218 g/mol. The zero-order chi connectivity index (χ0) is 12.5. The number of carbonyl (C=O) groups excluding carboxylic acids is 1. The fourth-order valence-corrected chi connectivity index (χ4v) is 2.08. The van der Waals surface area contributed by atoms with Gasteiger partial charge in [-0.3, -0.25) is 4.90 Å². The summed E-state index contributed by atoms with van der Waals surface area (Å²) in [6.45, 7) is 6.37. The van der Waals surface area contributed by atoms with E-state index in [0.717, 1.165) is 25.1 Å². The number of hydrogen-bond acceptors (Lipinski definition) is 3. The van der Waals surface area contributed by atoms with Crippen molar-refractivity contribution < 1.29 is 13.9 Å². The van der Waals surface area contributed by atoms with E-state index < -0.39 is 5.60 Å². The van der Waals surface area contributed by atoms with Gasteiger partial charge in [0.2, 0.25) is 0 Å². The summed E-state index contributed by atoms with van der Waals surface area (Å²) in [5, 5.41) is 0. The molecule has 1 aliphatic rings. The molecule has 0 N–H and O–H groups in total. The number of rotatable bonds is 1. The van der Waals surface area contributed by atoms with Crippen molar-refractivity contribution in [3.63, 3.8) is 0 Å². The molecule has 17 heavy (non-hydrogen) atoms. The van der Waals surface area contributed by atoms with Crippen molar-refractivity contribution in [2.75, 3.05) is 6.54 Å². The standard InChI is InChI=1S/C13H19NO3/c1-13(2,3)17-12(15)14-8-4-6-10(14)11-7-5-9-16-11/h5,7,9-10H,4,6,8H2,1-3H3/t10-/m0/s1. The molecule has 2 rings (SSSR count). The summed E-state index contributed by atoms with van der Waals surface area (Å²) in [6, 6.07) is 3.79. The molecule has 1 atom stereocenters. The number of ether oxygens (including phenoxy) is 1. The molecule has 1 aliphatic heterocycles. The van der Waals surface area contributed by atoms with Gasteiger partial charge in [-0.05, 0) is 45.7 Å². The quantitative estimate of drug-likeness (QED) is 0.752. The van der Waals surface area contributed by atoms with E-state index in [1.165, 1.54) is 0 Å². The average Bonchev–Trinajstić information content (AvgIpc) is 2.85. The van der Waals surface area contributed by atoms with E-state index in [-0.39, 0.29) is 12.1 Å². The van der Waals surface area contributed by atoms with Crippen molar-refractivity contribution >= 4 is 6.09 Å². The normalized spacial score (nSPS) is 20.6. The lowest BCUT2D eigenvalue weighted by atomic mass is 10.2. The van der Waals surface area contributed by atoms with Gasteiger partial charge in [0.25, 0.3) is 0 Å². The van der Waals surface area contributed by atoms with Gasteiger partial charge < -0.3 is 9.15 Å². The third-order valence-electron chi connectivity index (χ3n) is 2.75. The van der Waals surface area contributed by atoms with Gasteiger partial charge in [-0.1, -0.05) is 0 Å². The number of furan rings is 1. The van der Waals surface area contributed by atoms with E-state index >= 15 is 0 Å². The van der Waals surface area contributed by atoms with Crippen LogP contribution in [0.4, 0.5) is 4.79 Å².